The lowest BCUT2D eigenvalue weighted by Crippen LogP contribution is -2.07. The molecule has 2 rings (SSSR count). The van der Waals surface area contributed by atoms with Crippen molar-refractivity contribution in [3.8, 4) is 0 Å². The zero-order valence-electron chi connectivity index (χ0n) is 8.89. The van der Waals surface area contributed by atoms with Crippen LogP contribution in [0.4, 0.5) is 10.2 Å². The van der Waals surface area contributed by atoms with E-state index in [-0.39, 0.29) is 5.82 Å². The van der Waals surface area contributed by atoms with Crippen molar-refractivity contribution in [2.75, 3.05) is 11.9 Å². The summed E-state index contributed by atoms with van der Waals surface area (Å²) in [6, 6.07) is 2.97. The van der Waals surface area contributed by atoms with E-state index in [1.54, 1.807) is 17.1 Å². The number of pyridine rings is 1. The van der Waals surface area contributed by atoms with E-state index in [1.807, 2.05) is 7.05 Å². The van der Waals surface area contributed by atoms with Crippen molar-refractivity contribution in [3.63, 3.8) is 0 Å². The lowest BCUT2D eigenvalue weighted by molar-refractivity contribution is 0.621. The number of aryl methyl sites for hydroxylation is 1. The van der Waals surface area contributed by atoms with Crippen LogP contribution >= 0.6 is 0 Å². The Bertz CT molecular complexity index is 450. The molecule has 0 radical (unpaired) electrons. The minimum atomic E-state index is -0.336. The minimum absolute atomic E-state index is 0.336. The second-order valence-corrected chi connectivity index (χ2v) is 3.37. The third kappa shape index (κ3) is 2.75. The molecule has 0 bridgehead atoms. The highest BCUT2D eigenvalue weighted by Gasteiger charge is 1.99. The third-order valence-corrected chi connectivity index (χ3v) is 2.03. The van der Waals surface area contributed by atoms with E-state index < -0.39 is 0 Å². The molecule has 0 aliphatic carbocycles. The van der Waals surface area contributed by atoms with Gasteiger partial charge in [0.25, 0.3) is 0 Å². The summed E-state index contributed by atoms with van der Waals surface area (Å²) in [5.74, 6) is 1.09. The van der Waals surface area contributed by atoms with Crippen LogP contribution in [0.25, 0.3) is 0 Å². The Labute approximate surface area is 92.3 Å². The predicted octanol–water partition coefficient (Wildman–Crippen LogP) is 1.00. The Balaban J connectivity index is 1.82. The van der Waals surface area contributed by atoms with Gasteiger partial charge in [0, 0.05) is 20.0 Å². The minimum Gasteiger partial charge on any atom is -0.370 e. The van der Waals surface area contributed by atoms with Gasteiger partial charge in [0.15, 0.2) is 5.82 Å². The number of anilines is 1. The first-order valence-electron chi connectivity index (χ1n) is 4.94. The van der Waals surface area contributed by atoms with Crippen molar-refractivity contribution in [2.24, 2.45) is 7.05 Å². The summed E-state index contributed by atoms with van der Waals surface area (Å²) in [6.07, 6.45) is 3.55. The van der Waals surface area contributed by atoms with Gasteiger partial charge in [-0.15, -0.1) is 0 Å². The zero-order valence-corrected chi connectivity index (χ0v) is 8.89. The Morgan fingerprint density at radius 2 is 2.25 bits per heavy atom. The molecule has 2 aromatic rings. The number of halogens is 1. The molecule has 6 heteroatoms. The van der Waals surface area contributed by atoms with E-state index in [1.165, 1.54) is 12.3 Å². The number of nitrogens with zero attached hydrogens (tertiary/aromatic N) is 4. The maximum atomic E-state index is 12.6. The Kier molecular flexibility index (Phi) is 3.09. The molecule has 0 amide bonds. The van der Waals surface area contributed by atoms with Gasteiger partial charge in [0.1, 0.15) is 18.0 Å². The molecule has 84 valence electrons. The average molecular weight is 221 g/mol. The molecule has 5 nitrogen and oxygen atoms in total. The van der Waals surface area contributed by atoms with Crippen LogP contribution in [0, 0.1) is 5.82 Å². The van der Waals surface area contributed by atoms with Crippen LogP contribution < -0.4 is 5.32 Å². The first-order chi connectivity index (χ1) is 7.74. The number of rotatable bonds is 4. The molecule has 0 fully saturated rings. The summed E-state index contributed by atoms with van der Waals surface area (Å²) >= 11 is 0. The van der Waals surface area contributed by atoms with Crippen molar-refractivity contribution in [1.29, 1.82) is 0 Å². The van der Waals surface area contributed by atoms with Gasteiger partial charge in [-0.05, 0) is 12.1 Å². The van der Waals surface area contributed by atoms with Gasteiger partial charge in [0.05, 0.1) is 6.20 Å². The smallest absolute Gasteiger partial charge is 0.152 e. The summed E-state index contributed by atoms with van der Waals surface area (Å²) in [5.41, 5.74) is 0. The van der Waals surface area contributed by atoms with Crippen LogP contribution in [0.1, 0.15) is 5.82 Å². The monoisotopic (exact) mass is 221 g/mol. The molecule has 0 saturated heterocycles. The molecule has 2 aromatic heterocycles. The zero-order chi connectivity index (χ0) is 11.4. The van der Waals surface area contributed by atoms with Crippen LogP contribution in [0.15, 0.2) is 24.7 Å². The van der Waals surface area contributed by atoms with Crippen molar-refractivity contribution in [2.45, 2.75) is 6.42 Å². The summed E-state index contributed by atoms with van der Waals surface area (Å²) in [7, 11) is 1.82. The van der Waals surface area contributed by atoms with Crippen molar-refractivity contribution in [1.82, 2.24) is 19.7 Å². The van der Waals surface area contributed by atoms with E-state index in [9.17, 15) is 4.39 Å². The number of nitrogens with one attached hydrogen (secondary N) is 1. The standard InChI is InChI=1S/C10H12FN5/c1-16-7-14-10(15-16)4-5-12-9-3-2-8(11)6-13-9/h2-3,6-7H,4-5H2,1H3,(H,12,13). The lowest BCUT2D eigenvalue weighted by Gasteiger charge is -2.02. The SMILES string of the molecule is Cn1cnc(CCNc2ccc(F)cn2)n1. The molecule has 0 atom stereocenters. The number of hydrogen-bond donors (Lipinski definition) is 1. The van der Waals surface area contributed by atoms with Crippen molar-refractivity contribution in [3.05, 3.63) is 36.3 Å². The van der Waals surface area contributed by atoms with Gasteiger partial charge in [-0.1, -0.05) is 0 Å². The summed E-state index contributed by atoms with van der Waals surface area (Å²) in [6.45, 7) is 0.669. The molecular formula is C10H12FN5. The third-order valence-electron chi connectivity index (χ3n) is 2.03. The van der Waals surface area contributed by atoms with Gasteiger partial charge in [-0.3, -0.25) is 4.68 Å². The highest BCUT2D eigenvalue weighted by molar-refractivity contribution is 5.33. The molecule has 0 saturated carbocycles. The van der Waals surface area contributed by atoms with Crippen LogP contribution in [0.2, 0.25) is 0 Å². The molecule has 0 aliphatic heterocycles. The van der Waals surface area contributed by atoms with Crippen molar-refractivity contribution < 1.29 is 4.39 Å². The summed E-state index contributed by atoms with van der Waals surface area (Å²) in [5, 5.41) is 7.20. The summed E-state index contributed by atoms with van der Waals surface area (Å²) < 4.78 is 14.2. The second-order valence-electron chi connectivity index (χ2n) is 3.37. The Morgan fingerprint density at radius 1 is 1.38 bits per heavy atom. The lowest BCUT2D eigenvalue weighted by atomic mass is 10.4. The second kappa shape index (κ2) is 4.69. The fourth-order valence-corrected chi connectivity index (χ4v) is 1.28. The van der Waals surface area contributed by atoms with Gasteiger partial charge in [-0.25, -0.2) is 14.4 Å². The maximum absolute atomic E-state index is 12.6. The van der Waals surface area contributed by atoms with E-state index in [4.69, 9.17) is 0 Å². The van der Waals surface area contributed by atoms with Crippen molar-refractivity contribution >= 4 is 5.82 Å². The topological polar surface area (TPSA) is 55.6 Å². The van der Waals surface area contributed by atoms with E-state index >= 15 is 0 Å². The van der Waals surface area contributed by atoms with Gasteiger partial charge >= 0.3 is 0 Å². The van der Waals surface area contributed by atoms with Gasteiger partial charge in [0.2, 0.25) is 0 Å². The van der Waals surface area contributed by atoms with Crippen LogP contribution in [-0.4, -0.2) is 26.3 Å². The maximum Gasteiger partial charge on any atom is 0.152 e. The highest BCUT2D eigenvalue weighted by atomic mass is 19.1. The first kappa shape index (κ1) is 10.5. The predicted molar refractivity (Wildman–Crippen MR) is 57.4 cm³/mol. The molecule has 0 aromatic carbocycles. The fraction of sp³-hybridized carbons (Fsp3) is 0.300. The van der Waals surface area contributed by atoms with Crippen LogP contribution in [0.3, 0.4) is 0 Å². The molecule has 2 heterocycles. The average Bonchev–Trinajstić information content (AvgIpc) is 2.67. The summed E-state index contributed by atoms with van der Waals surface area (Å²) in [4.78, 5) is 7.98. The van der Waals surface area contributed by atoms with E-state index in [2.05, 4.69) is 20.4 Å². The van der Waals surface area contributed by atoms with Crippen LogP contribution in [0.5, 0.6) is 0 Å². The largest absolute Gasteiger partial charge is 0.370 e. The normalized spacial score (nSPS) is 10.4. The number of hydrogen-bond acceptors (Lipinski definition) is 4. The highest BCUT2D eigenvalue weighted by Crippen LogP contribution is 2.03. The molecule has 0 spiro atoms. The fourth-order valence-electron chi connectivity index (χ4n) is 1.28. The molecule has 0 aliphatic rings. The van der Waals surface area contributed by atoms with Crippen LogP contribution in [-0.2, 0) is 13.5 Å². The van der Waals surface area contributed by atoms with Gasteiger partial charge in [-0.2, -0.15) is 5.10 Å². The van der Waals surface area contributed by atoms with Gasteiger partial charge < -0.3 is 5.32 Å². The molecule has 1 N–H and O–H groups in total. The Morgan fingerprint density at radius 3 is 2.88 bits per heavy atom. The molecular weight excluding hydrogens is 209 g/mol. The van der Waals surface area contributed by atoms with E-state index in [0.29, 0.717) is 18.8 Å². The molecule has 16 heavy (non-hydrogen) atoms. The quantitative estimate of drug-likeness (QED) is 0.837. The molecule has 0 unspecified atom stereocenters. The number of aromatic nitrogens is 4. The Hall–Kier alpha value is -1.98. The first-order valence-corrected chi connectivity index (χ1v) is 4.94. The van der Waals surface area contributed by atoms with E-state index in [0.717, 1.165) is 5.82 Å².